The summed E-state index contributed by atoms with van der Waals surface area (Å²) in [5.74, 6) is 8.21. The minimum atomic E-state index is -0.372. The third kappa shape index (κ3) is 27.0. The van der Waals surface area contributed by atoms with E-state index in [4.69, 9.17) is 62.7 Å². The van der Waals surface area contributed by atoms with E-state index in [1.54, 1.807) is 4.90 Å². The normalized spacial score (nSPS) is 12.1. The molecule has 17 rings (SSSR count). The molecule has 9 heterocycles. The highest BCUT2D eigenvalue weighted by Gasteiger charge is 2.23. The highest BCUT2D eigenvalue weighted by molar-refractivity contribution is 6.31. The molecule has 650 valence electrons. The van der Waals surface area contributed by atoms with E-state index in [-0.39, 0.29) is 35.6 Å². The molecular formula is C98H127Cl2N21O2. The molecule has 1 saturated heterocycles. The van der Waals surface area contributed by atoms with Gasteiger partial charge in [-0.3, -0.25) is 15.6 Å². The van der Waals surface area contributed by atoms with Crippen LogP contribution in [0.4, 0.5) is 4.79 Å². The van der Waals surface area contributed by atoms with Gasteiger partial charge in [-0.1, -0.05) is 196 Å². The van der Waals surface area contributed by atoms with Crippen molar-refractivity contribution in [2.24, 2.45) is 34.6 Å². The molecule has 0 bridgehead atoms. The van der Waals surface area contributed by atoms with Crippen molar-refractivity contribution in [1.29, 1.82) is 10.8 Å². The lowest BCUT2D eigenvalue weighted by Gasteiger charge is -2.31. The number of hydrogen-bond acceptors (Lipinski definition) is 10. The molecule has 1 aliphatic rings. The SMILES string of the molecule is CC(C)C(=O)NC1CCN(C(N)=O)CC1.CC(C)c1cc2cc(C(=N)N)ccc2[nH]1.CC(C)c1cc2cc(CN)ccc2[nH]1.CC(C)c1cc2ccc(Cl)cc2[nH]1.CC(C)c1cc2ccccc2[nH]1.CC(C)c1nc2ccc(C(=N)N)cc2[nH]1.CC(C)c1nc2ccc(CN)cc2[nH]1.CC(C)c1nc2ccc(Cl)cc2[nH]1.CC(C)c1nc2ccccc2[nH]1. The van der Waals surface area contributed by atoms with E-state index in [2.05, 4.69) is 249 Å². The van der Waals surface area contributed by atoms with Gasteiger partial charge in [0.2, 0.25) is 5.91 Å². The summed E-state index contributed by atoms with van der Waals surface area (Å²) in [4.78, 5) is 68.3. The summed E-state index contributed by atoms with van der Waals surface area (Å²) in [5, 5.41) is 24.1. The Labute approximate surface area is 732 Å². The predicted molar refractivity (Wildman–Crippen MR) is 515 cm³/mol. The number of aromatic nitrogens is 12. The topological polar surface area (TPSA) is 405 Å². The average molecular weight is 1700 g/mol. The number of carbonyl (C=O) groups is 2. The fourth-order valence-corrected chi connectivity index (χ4v) is 13.5. The maximum absolute atomic E-state index is 11.4. The molecule has 1 aliphatic heterocycles. The van der Waals surface area contributed by atoms with Crippen LogP contribution in [0.25, 0.3) is 87.7 Å². The maximum Gasteiger partial charge on any atom is 0.314 e. The van der Waals surface area contributed by atoms with Crippen LogP contribution < -0.4 is 34.0 Å². The van der Waals surface area contributed by atoms with Crippen LogP contribution in [-0.4, -0.2) is 107 Å². The number of piperidine rings is 1. The molecule has 1 fully saturated rings. The summed E-state index contributed by atoms with van der Waals surface area (Å²) >= 11 is 11.7. The van der Waals surface area contributed by atoms with Crippen LogP contribution >= 0.6 is 23.2 Å². The number of aromatic amines is 8. The van der Waals surface area contributed by atoms with Gasteiger partial charge in [0.1, 0.15) is 35.0 Å². The molecule has 8 aromatic heterocycles. The van der Waals surface area contributed by atoms with Gasteiger partial charge in [-0.25, -0.2) is 24.7 Å². The molecule has 0 radical (unpaired) electrons. The Morgan fingerprint density at radius 3 is 1.18 bits per heavy atom. The van der Waals surface area contributed by atoms with Gasteiger partial charge in [0.05, 0.1) is 44.1 Å². The third-order valence-electron chi connectivity index (χ3n) is 20.9. The largest absolute Gasteiger partial charge is 0.384 e. The lowest BCUT2D eigenvalue weighted by molar-refractivity contribution is -0.125. The fraction of sp³-hybridized carbons (Fsp3) is 0.347. The van der Waals surface area contributed by atoms with Gasteiger partial charge in [0, 0.05) is 133 Å². The first-order chi connectivity index (χ1) is 58.4. The summed E-state index contributed by atoms with van der Waals surface area (Å²) in [6.45, 7) is 40.5. The van der Waals surface area contributed by atoms with E-state index in [9.17, 15) is 9.59 Å². The molecule has 21 N–H and O–H groups in total. The number of benzene rings is 8. The first-order valence-electron chi connectivity index (χ1n) is 42.6. The number of primary amides is 1. The van der Waals surface area contributed by atoms with Gasteiger partial charge in [-0.15, -0.1) is 0 Å². The second kappa shape index (κ2) is 44.2. The highest BCUT2D eigenvalue weighted by atomic mass is 35.5. The Morgan fingerprint density at radius 2 is 0.724 bits per heavy atom. The number of para-hydroxylation sites is 3. The summed E-state index contributed by atoms with van der Waals surface area (Å²) < 4.78 is 0. The molecule has 0 atom stereocenters. The number of nitrogen functional groups attached to an aromatic ring is 2. The van der Waals surface area contributed by atoms with E-state index in [0.29, 0.717) is 73.5 Å². The highest BCUT2D eigenvalue weighted by Crippen LogP contribution is 2.29. The summed E-state index contributed by atoms with van der Waals surface area (Å²) in [5.41, 5.74) is 48.9. The second-order valence-electron chi connectivity index (χ2n) is 33.9. The average Bonchev–Trinajstić information content (AvgIpc) is 1.69. The van der Waals surface area contributed by atoms with Crippen molar-refractivity contribution in [1.82, 2.24) is 70.0 Å². The second-order valence-corrected chi connectivity index (χ2v) is 34.8. The number of carbonyl (C=O) groups excluding carboxylic acids is 2. The number of nitrogens with one attached hydrogen (secondary N) is 11. The molecule has 123 heavy (non-hydrogen) atoms. The number of H-pyrrole nitrogens is 8. The fourth-order valence-electron chi connectivity index (χ4n) is 13.2. The van der Waals surface area contributed by atoms with Gasteiger partial charge < -0.3 is 78.8 Å². The van der Waals surface area contributed by atoms with E-state index < -0.39 is 0 Å². The van der Waals surface area contributed by atoms with Crippen molar-refractivity contribution in [3.8, 4) is 0 Å². The van der Waals surface area contributed by atoms with Gasteiger partial charge in [0.25, 0.3) is 0 Å². The number of amidine groups is 2. The molecule has 8 aromatic carbocycles. The number of fused-ring (bicyclic) bond motifs is 8. The number of urea groups is 1. The first-order valence-corrected chi connectivity index (χ1v) is 43.3. The molecule has 3 amide bonds. The summed E-state index contributed by atoms with van der Waals surface area (Å²) in [7, 11) is 0. The molecule has 0 aliphatic carbocycles. The zero-order chi connectivity index (χ0) is 89.6. The number of hydrogen-bond donors (Lipinski definition) is 16. The molecule has 25 heteroatoms. The van der Waals surface area contributed by atoms with E-state index in [1.165, 1.54) is 55.5 Å². The Balaban J connectivity index is 0.000000157. The number of amides is 3. The Kier molecular flexibility index (Phi) is 34.0. The van der Waals surface area contributed by atoms with Crippen LogP contribution in [0.15, 0.2) is 182 Å². The van der Waals surface area contributed by atoms with Gasteiger partial charge in [-0.05, 0) is 197 Å². The monoisotopic (exact) mass is 1700 g/mol. The lowest BCUT2D eigenvalue weighted by atomic mass is 10.0. The zero-order valence-corrected chi connectivity index (χ0v) is 76.0. The van der Waals surface area contributed by atoms with Crippen molar-refractivity contribution in [2.75, 3.05) is 13.1 Å². The molecule has 0 unspecified atom stereocenters. The Morgan fingerprint density at radius 1 is 0.374 bits per heavy atom. The van der Waals surface area contributed by atoms with Crippen molar-refractivity contribution in [3.63, 3.8) is 0 Å². The standard InChI is InChI=1S/C12H15N3.C12H16N2.C11H12ClN.C11H14N4.C11H15N3.C11H13N.C10H11ClN2.C10H19N3O2.C10H12N2/c1-7(2)11-6-9-5-8(12(13)14)3-4-10(9)15-11;1-8(2)12-6-10-5-9(7-13)3-4-11(10)14-12;1-7(2)10-5-8-3-4-9(12)6-11(8)13-10;1-6(2)11-14-8-4-3-7(10(12)13)5-9(8)15-11;1-7(2)11-13-9-4-3-8(6-12)5-10(9)14-11;1-8(2)11-7-9-5-3-4-6-10(9)12-11;1-6(2)10-12-8-4-3-7(11)5-9(8)13-10;1-7(2)9(14)12-8-3-5-13(6-4-8)10(11)15;1-7(2)10-11-8-5-3-4-6-9(8)12-10/h3-7,15H,1-2H3,(H3,13,14);3-6,8,14H,7,13H2,1-2H3;3-7,13H,1-2H3;3-6H,1-2H3,(H3,12,13)(H,14,15);3-5,7H,6,12H2,1-2H3,(H,13,14);3-8,12H,1-2H3;3-6H,1-2H3,(H,12,13);7-8H,3-6H2,1-2H3,(H2,11,15)(H,12,14);3-7H,1-2H3,(H,11,12). The number of nitrogens with zero attached hydrogens (tertiary/aromatic N) is 5. The minimum absolute atomic E-state index is 0.0131. The van der Waals surface area contributed by atoms with Crippen molar-refractivity contribution in [3.05, 3.63) is 260 Å². The van der Waals surface area contributed by atoms with Crippen LogP contribution in [0.1, 0.15) is 253 Å². The van der Waals surface area contributed by atoms with Crippen molar-refractivity contribution < 1.29 is 9.59 Å². The molecular weight excluding hydrogens is 1570 g/mol. The van der Waals surface area contributed by atoms with Crippen LogP contribution in [-0.2, 0) is 17.9 Å². The minimum Gasteiger partial charge on any atom is -0.384 e. The number of nitrogens with two attached hydrogens (primary N) is 5. The van der Waals surface area contributed by atoms with Gasteiger partial charge in [0.15, 0.2) is 0 Å². The van der Waals surface area contributed by atoms with Crippen LogP contribution in [0.5, 0.6) is 0 Å². The number of likely N-dealkylation sites (tertiary alicyclic amines) is 1. The van der Waals surface area contributed by atoms with Crippen LogP contribution in [0.3, 0.4) is 0 Å². The van der Waals surface area contributed by atoms with E-state index >= 15 is 0 Å². The smallest absolute Gasteiger partial charge is 0.314 e. The molecule has 16 aromatic rings. The predicted octanol–water partition coefficient (Wildman–Crippen LogP) is 23.0. The number of halogens is 2. The lowest BCUT2D eigenvalue weighted by Crippen LogP contribution is -2.48. The Hall–Kier alpha value is -12.0. The van der Waals surface area contributed by atoms with Crippen molar-refractivity contribution >= 4 is 135 Å². The Bertz CT molecular complexity index is 5710. The van der Waals surface area contributed by atoms with Crippen LogP contribution in [0.2, 0.25) is 10.0 Å². The van der Waals surface area contributed by atoms with Crippen LogP contribution in [0, 0.1) is 16.7 Å². The molecule has 0 saturated carbocycles. The van der Waals surface area contributed by atoms with Gasteiger partial charge >= 0.3 is 6.03 Å². The number of rotatable bonds is 14. The first kappa shape index (κ1) is 94.8. The van der Waals surface area contributed by atoms with Crippen molar-refractivity contribution in [2.45, 2.75) is 204 Å². The molecule has 23 nitrogen and oxygen atoms in total. The number of imidazole rings is 4. The van der Waals surface area contributed by atoms with E-state index in [1.807, 2.05) is 123 Å². The van der Waals surface area contributed by atoms with Gasteiger partial charge in [-0.2, -0.15) is 0 Å². The summed E-state index contributed by atoms with van der Waals surface area (Å²) in [6, 6.07) is 60.4. The summed E-state index contributed by atoms with van der Waals surface area (Å²) in [6.07, 6.45) is 1.59. The quantitative estimate of drug-likeness (QED) is 0.0360. The zero-order valence-electron chi connectivity index (χ0n) is 74.5. The maximum atomic E-state index is 11.4. The third-order valence-corrected chi connectivity index (χ3v) is 21.4. The van der Waals surface area contributed by atoms with E-state index in [0.717, 1.165) is 123 Å². The molecule has 0 spiro atoms.